The summed E-state index contributed by atoms with van der Waals surface area (Å²) in [6, 6.07) is 5.27. The van der Waals surface area contributed by atoms with Gasteiger partial charge in [0.25, 0.3) is 0 Å². The molecule has 7 nitrogen and oxygen atoms in total. The van der Waals surface area contributed by atoms with E-state index in [0.717, 1.165) is 0 Å². The van der Waals surface area contributed by atoms with Crippen molar-refractivity contribution in [2.75, 3.05) is 27.3 Å². The van der Waals surface area contributed by atoms with E-state index in [1.807, 2.05) is 0 Å². The number of hydrogen-bond donors (Lipinski definition) is 1. The van der Waals surface area contributed by atoms with Crippen LogP contribution in [0.15, 0.2) is 24.4 Å². The van der Waals surface area contributed by atoms with Crippen LogP contribution in [0, 0.1) is 11.2 Å². The fraction of sp³-hybridized carbons (Fsp3) is 0.421. The zero-order valence-electron chi connectivity index (χ0n) is 15.2. The Morgan fingerprint density at radius 2 is 2.07 bits per heavy atom. The van der Waals surface area contributed by atoms with Crippen molar-refractivity contribution in [2.45, 2.75) is 19.3 Å². The average Bonchev–Trinajstić information content (AvgIpc) is 2.63. The Balaban J connectivity index is 1.77. The second-order valence-corrected chi connectivity index (χ2v) is 6.73. The second kappa shape index (κ2) is 7.38. The van der Waals surface area contributed by atoms with Crippen LogP contribution < -0.4 is 4.74 Å². The lowest BCUT2D eigenvalue weighted by molar-refractivity contribution is -0.163. The van der Waals surface area contributed by atoms with Gasteiger partial charge in [0.2, 0.25) is 0 Å². The number of fused-ring (bicyclic) bond motifs is 1. The Hall–Kier alpha value is -2.90. The predicted octanol–water partition coefficient (Wildman–Crippen LogP) is 2.86. The van der Waals surface area contributed by atoms with Crippen molar-refractivity contribution in [2.24, 2.45) is 5.41 Å². The molecule has 8 heteroatoms. The number of esters is 1. The number of rotatable bonds is 6. The number of nitrogens with zero attached hydrogens (tertiary/aromatic N) is 2. The quantitative estimate of drug-likeness (QED) is 0.780. The number of carbonyl (C=O) groups excluding carboxylic acids is 1. The number of pyridine rings is 1. The van der Waals surface area contributed by atoms with Gasteiger partial charge in [-0.15, -0.1) is 0 Å². The van der Waals surface area contributed by atoms with E-state index in [4.69, 9.17) is 14.6 Å². The molecule has 27 heavy (non-hydrogen) atoms. The van der Waals surface area contributed by atoms with Gasteiger partial charge >= 0.3 is 12.1 Å². The zero-order valence-corrected chi connectivity index (χ0v) is 15.2. The first-order valence-electron chi connectivity index (χ1n) is 8.57. The van der Waals surface area contributed by atoms with Gasteiger partial charge in [-0.3, -0.25) is 9.78 Å². The van der Waals surface area contributed by atoms with Crippen LogP contribution in [0.2, 0.25) is 0 Å². The minimum atomic E-state index is -1.06. The molecule has 0 unspecified atom stereocenters. The highest BCUT2D eigenvalue weighted by molar-refractivity contribution is 5.84. The van der Waals surface area contributed by atoms with Gasteiger partial charge in [-0.2, -0.15) is 0 Å². The molecular weight excluding hydrogens is 355 g/mol. The van der Waals surface area contributed by atoms with Crippen LogP contribution in [0.1, 0.15) is 18.4 Å². The van der Waals surface area contributed by atoms with E-state index in [-0.39, 0.29) is 13.1 Å². The highest BCUT2D eigenvalue weighted by atomic mass is 19.1. The minimum Gasteiger partial charge on any atom is -0.497 e. The highest BCUT2D eigenvalue weighted by Gasteiger charge is 2.51. The van der Waals surface area contributed by atoms with Crippen molar-refractivity contribution in [1.82, 2.24) is 9.88 Å². The fourth-order valence-electron chi connectivity index (χ4n) is 3.61. The average molecular weight is 376 g/mol. The minimum absolute atomic E-state index is 0.0996. The third-order valence-electron chi connectivity index (χ3n) is 5.09. The second-order valence-electron chi connectivity index (χ2n) is 6.73. The highest BCUT2D eigenvalue weighted by Crippen LogP contribution is 2.37. The van der Waals surface area contributed by atoms with Gasteiger partial charge in [0.05, 0.1) is 25.9 Å². The third-order valence-corrected chi connectivity index (χ3v) is 5.09. The number of hydrogen-bond acceptors (Lipinski definition) is 5. The van der Waals surface area contributed by atoms with Crippen LogP contribution >= 0.6 is 0 Å². The molecule has 2 aromatic rings. The molecule has 0 saturated carbocycles. The maximum Gasteiger partial charge on any atom is 0.407 e. The van der Waals surface area contributed by atoms with E-state index in [1.165, 1.54) is 18.2 Å². The number of ether oxygens (including phenoxy) is 2. The number of benzene rings is 1. The molecule has 0 aliphatic carbocycles. The molecule has 0 radical (unpaired) electrons. The molecule has 1 aliphatic heterocycles. The van der Waals surface area contributed by atoms with Crippen molar-refractivity contribution >= 4 is 23.0 Å². The molecule has 1 aliphatic rings. The largest absolute Gasteiger partial charge is 0.497 e. The van der Waals surface area contributed by atoms with Gasteiger partial charge in [0, 0.05) is 18.5 Å². The molecule has 1 fully saturated rings. The summed E-state index contributed by atoms with van der Waals surface area (Å²) in [5.41, 5.74) is 0.313. The molecule has 2 heterocycles. The van der Waals surface area contributed by atoms with Crippen LogP contribution in [0.25, 0.3) is 10.9 Å². The number of aryl methyl sites for hydroxylation is 1. The fourth-order valence-corrected chi connectivity index (χ4v) is 3.61. The molecule has 144 valence electrons. The van der Waals surface area contributed by atoms with Crippen LogP contribution in [0.4, 0.5) is 9.18 Å². The monoisotopic (exact) mass is 376 g/mol. The first-order valence-corrected chi connectivity index (χ1v) is 8.57. The summed E-state index contributed by atoms with van der Waals surface area (Å²) in [6.07, 6.45) is 1.44. The smallest absolute Gasteiger partial charge is 0.407 e. The first-order chi connectivity index (χ1) is 12.9. The van der Waals surface area contributed by atoms with Crippen LogP contribution in [-0.2, 0) is 16.0 Å². The van der Waals surface area contributed by atoms with Crippen molar-refractivity contribution in [3.63, 3.8) is 0 Å². The Morgan fingerprint density at radius 3 is 2.70 bits per heavy atom. The van der Waals surface area contributed by atoms with Gasteiger partial charge in [0.1, 0.15) is 17.0 Å². The van der Waals surface area contributed by atoms with E-state index in [9.17, 15) is 14.0 Å². The lowest BCUT2D eigenvalue weighted by Crippen LogP contribution is -2.62. The van der Waals surface area contributed by atoms with E-state index in [0.29, 0.717) is 41.5 Å². The molecule has 1 N–H and O–H groups in total. The standard InChI is InChI=1S/C19H21FN2O5/c1-26-12-5-6-16-14(8-12)13(15(20)9-21-16)4-3-7-19(17(23)27-2)10-22(11-19)18(24)25/h5-6,8-9H,3-4,7,10-11H2,1-2H3,(H,24,25). The molecule has 1 aromatic carbocycles. The van der Waals surface area contributed by atoms with E-state index in [2.05, 4.69) is 4.98 Å². The van der Waals surface area contributed by atoms with Crippen LogP contribution in [-0.4, -0.2) is 54.4 Å². The van der Waals surface area contributed by atoms with E-state index >= 15 is 0 Å². The third kappa shape index (κ3) is 3.51. The van der Waals surface area contributed by atoms with Gasteiger partial charge in [-0.05, 0) is 43.0 Å². The Bertz CT molecular complexity index is 880. The number of aromatic nitrogens is 1. The Morgan fingerprint density at radius 1 is 1.33 bits per heavy atom. The number of carboxylic acid groups (broad SMARTS) is 1. The molecule has 0 atom stereocenters. The maximum atomic E-state index is 14.4. The van der Waals surface area contributed by atoms with Gasteiger partial charge < -0.3 is 19.5 Å². The van der Waals surface area contributed by atoms with Crippen molar-refractivity contribution in [3.8, 4) is 5.75 Å². The van der Waals surface area contributed by atoms with Crippen molar-refractivity contribution in [1.29, 1.82) is 0 Å². The number of carbonyl (C=O) groups is 2. The first kappa shape index (κ1) is 18.9. The van der Waals surface area contributed by atoms with Gasteiger partial charge in [-0.25, -0.2) is 9.18 Å². The molecule has 1 amide bonds. The zero-order chi connectivity index (χ0) is 19.6. The van der Waals surface area contributed by atoms with Crippen LogP contribution in [0.3, 0.4) is 0 Å². The molecule has 1 saturated heterocycles. The lowest BCUT2D eigenvalue weighted by Gasteiger charge is -2.46. The molecule has 0 bridgehead atoms. The predicted molar refractivity (Wildman–Crippen MR) is 95.2 cm³/mol. The van der Waals surface area contributed by atoms with E-state index < -0.39 is 23.3 Å². The molecular formula is C19H21FN2O5. The summed E-state index contributed by atoms with van der Waals surface area (Å²) in [5, 5.41) is 9.70. The van der Waals surface area contributed by atoms with Gasteiger partial charge in [0.15, 0.2) is 0 Å². The lowest BCUT2D eigenvalue weighted by atomic mass is 9.75. The number of amides is 1. The summed E-state index contributed by atoms with van der Waals surface area (Å²) >= 11 is 0. The summed E-state index contributed by atoms with van der Waals surface area (Å²) in [6.45, 7) is 0.199. The van der Waals surface area contributed by atoms with Crippen molar-refractivity contribution < 1.29 is 28.6 Å². The molecule has 3 rings (SSSR count). The summed E-state index contributed by atoms with van der Waals surface area (Å²) in [7, 11) is 2.83. The maximum absolute atomic E-state index is 14.4. The topological polar surface area (TPSA) is 89.0 Å². The van der Waals surface area contributed by atoms with Crippen LogP contribution in [0.5, 0.6) is 5.75 Å². The summed E-state index contributed by atoms with van der Waals surface area (Å²) in [4.78, 5) is 28.4. The van der Waals surface area contributed by atoms with Crippen molar-refractivity contribution in [3.05, 3.63) is 35.8 Å². The molecule has 0 spiro atoms. The molecule has 1 aromatic heterocycles. The number of likely N-dealkylation sites (tertiary alicyclic amines) is 1. The summed E-state index contributed by atoms with van der Waals surface area (Å²) in [5.74, 6) is -0.233. The number of methoxy groups -OCH3 is 2. The normalized spacial score (nSPS) is 15.3. The van der Waals surface area contributed by atoms with E-state index in [1.54, 1.807) is 25.3 Å². The van der Waals surface area contributed by atoms with Gasteiger partial charge in [-0.1, -0.05) is 0 Å². The Kier molecular flexibility index (Phi) is 5.16. The number of halogens is 1. The SMILES string of the molecule is COC(=O)C1(CCCc2c(F)cnc3ccc(OC)cc23)CN(C(=O)O)C1. The summed E-state index contributed by atoms with van der Waals surface area (Å²) < 4.78 is 24.4. The Labute approximate surface area is 155 Å².